The molecule has 0 bridgehead atoms. The van der Waals surface area contributed by atoms with Gasteiger partial charge in [0.2, 0.25) is 10.0 Å². The first-order chi connectivity index (χ1) is 16.7. The molecule has 0 aliphatic rings. The smallest absolute Gasteiger partial charge is 0.416 e. The predicted octanol–water partition coefficient (Wildman–Crippen LogP) is 5.08. The molecule has 0 aromatic heterocycles. The van der Waals surface area contributed by atoms with E-state index < -0.39 is 42.8 Å². The van der Waals surface area contributed by atoms with E-state index in [1.165, 1.54) is 53.9 Å². The van der Waals surface area contributed by atoms with E-state index in [-0.39, 0.29) is 17.2 Å². The summed E-state index contributed by atoms with van der Waals surface area (Å²) in [6, 6.07) is 14.3. The van der Waals surface area contributed by atoms with Gasteiger partial charge in [0.15, 0.2) is 0 Å². The van der Waals surface area contributed by atoms with Crippen LogP contribution in [-0.4, -0.2) is 34.3 Å². The standard InChI is InChI=1S/C24H24F3NO6S2/c1-17(2)28(35(29,30)22-12-10-20(33-3)11-13-22)16-18-6-4-8-21(14-18)34-36(31,32)23-9-5-7-19(15-23)24(25,26)27/h4-15,17H,16H2,1-3H3. The van der Waals surface area contributed by atoms with Crippen molar-refractivity contribution in [1.29, 1.82) is 0 Å². The van der Waals surface area contributed by atoms with Crippen molar-refractivity contribution in [1.82, 2.24) is 4.31 Å². The Morgan fingerprint density at radius 1 is 0.833 bits per heavy atom. The summed E-state index contributed by atoms with van der Waals surface area (Å²) in [7, 11) is -7.04. The van der Waals surface area contributed by atoms with E-state index in [2.05, 4.69) is 0 Å². The summed E-state index contributed by atoms with van der Waals surface area (Å²) in [5.41, 5.74) is -0.713. The Morgan fingerprint density at radius 3 is 2.06 bits per heavy atom. The third-order valence-corrected chi connectivity index (χ3v) is 8.41. The van der Waals surface area contributed by atoms with Gasteiger partial charge in [0.05, 0.1) is 17.6 Å². The second-order valence-electron chi connectivity index (χ2n) is 8.03. The van der Waals surface area contributed by atoms with Crippen LogP contribution in [0.3, 0.4) is 0 Å². The molecule has 0 unspecified atom stereocenters. The first-order valence-corrected chi connectivity index (χ1v) is 13.5. The average Bonchev–Trinajstić information content (AvgIpc) is 2.82. The highest BCUT2D eigenvalue weighted by molar-refractivity contribution is 7.89. The minimum Gasteiger partial charge on any atom is -0.497 e. The Kier molecular flexibility index (Phi) is 8.01. The molecule has 7 nitrogen and oxygen atoms in total. The number of rotatable bonds is 9. The zero-order valence-electron chi connectivity index (χ0n) is 19.6. The van der Waals surface area contributed by atoms with Gasteiger partial charge in [0, 0.05) is 12.6 Å². The van der Waals surface area contributed by atoms with Crippen LogP contribution in [0, 0.1) is 0 Å². The zero-order valence-corrected chi connectivity index (χ0v) is 21.2. The molecule has 0 N–H and O–H groups in total. The molecule has 0 amide bonds. The topological polar surface area (TPSA) is 90.0 Å². The molecule has 0 aliphatic heterocycles. The summed E-state index contributed by atoms with van der Waals surface area (Å²) >= 11 is 0. The molecule has 0 aliphatic carbocycles. The lowest BCUT2D eigenvalue weighted by atomic mass is 10.2. The van der Waals surface area contributed by atoms with Gasteiger partial charge < -0.3 is 8.92 Å². The lowest BCUT2D eigenvalue weighted by molar-refractivity contribution is -0.137. The summed E-state index contributed by atoms with van der Waals surface area (Å²) in [6.45, 7) is 3.28. The van der Waals surface area contributed by atoms with Crippen LogP contribution in [0.5, 0.6) is 11.5 Å². The van der Waals surface area contributed by atoms with Gasteiger partial charge in [0.1, 0.15) is 16.4 Å². The van der Waals surface area contributed by atoms with Crippen LogP contribution in [0.25, 0.3) is 0 Å². The first-order valence-electron chi connectivity index (χ1n) is 10.6. The normalized spacial score (nSPS) is 12.7. The number of hydrogen-bond donors (Lipinski definition) is 0. The number of sulfonamides is 1. The Morgan fingerprint density at radius 2 is 1.47 bits per heavy atom. The monoisotopic (exact) mass is 543 g/mol. The van der Waals surface area contributed by atoms with E-state index in [9.17, 15) is 30.0 Å². The van der Waals surface area contributed by atoms with Crippen LogP contribution >= 0.6 is 0 Å². The number of hydrogen-bond acceptors (Lipinski definition) is 6. The third kappa shape index (κ3) is 6.37. The van der Waals surface area contributed by atoms with Gasteiger partial charge in [-0.2, -0.15) is 25.9 Å². The van der Waals surface area contributed by atoms with Gasteiger partial charge in [-0.15, -0.1) is 0 Å². The lowest BCUT2D eigenvalue weighted by Gasteiger charge is -2.26. The molecule has 12 heteroatoms. The highest BCUT2D eigenvalue weighted by Crippen LogP contribution is 2.31. The molecule has 0 saturated heterocycles. The van der Waals surface area contributed by atoms with Crippen molar-refractivity contribution in [2.75, 3.05) is 7.11 Å². The van der Waals surface area contributed by atoms with E-state index in [1.807, 2.05) is 0 Å². The molecule has 3 aromatic rings. The van der Waals surface area contributed by atoms with Crippen LogP contribution in [-0.2, 0) is 32.9 Å². The van der Waals surface area contributed by atoms with Crippen molar-refractivity contribution in [3.8, 4) is 11.5 Å². The number of nitrogens with zero attached hydrogens (tertiary/aromatic N) is 1. The molecule has 36 heavy (non-hydrogen) atoms. The molecule has 0 spiro atoms. The molecule has 194 valence electrons. The SMILES string of the molecule is COc1ccc(S(=O)(=O)N(Cc2cccc(OS(=O)(=O)c3cccc(C(F)(F)F)c3)c2)C(C)C)cc1. The summed E-state index contributed by atoms with van der Waals surface area (Å²) in [5.74, 6) is 0.326. The van der Waals surface area contributed by atoms with E-state index >= 15 is 0 Å². The lowest BCUT2D eigenvalue weighted by Crippen LogP contribution is -2.36. The van der Waals surface area contributed by atoms with E-state index in [4.69, 9.17) is 8.92 Å². The molecule has 3 aromatic carbocycles. The highest BCUT2D eigenvalue weighted by atomic mass is 32.2. The molecule has 3 rings (SSSR count). The van der Waals surface area contributed by atoms with Crippen molar-refractivity contribution in [2.45, 2.75) is 42.4 Å². The second kappa shape index (κ2) is 10.5. The maximum Gasteiger partial charge on any atom is 0.416 e. The van der Waals surface area contributed by atoms with Crippen LogP contribution in [0.1, 0.15) is 25.0 Å². The Labute approximate surface area is 208 Å². The van der Waals surface area contributed by atoms with Gasteiger partial charge in [-0.25, -0.2) is 8.42 Å². The molecule has 0 saturated carbocycles. The van der Waals surface area contributed by atoms with Gasteiger partial charge >= 0.3 is 16.3 Å². The van der Waals surface area contributed by atoms with E-state index in [0.717, 1.165) is 18.2 Å². The zero-order chi connectivity index (χ0) is 26.7. The number of ether oxygens (including phenoxy) is 1. The Bertz CT molecular complexity index is 1420. The first kappa shape index (κ1) is 27.5. The van der Waals surface area contributed by atoms with E-state index in [0.29, 0.717) is 17.4 Å². The average molecular weight is 544 g/mol. The van der Waals surface area contributed by atoms with E-state index in [1.54, 1.807) is 19.9 Å². The largest absolute Gasteiger partial charge is 0.497 e. The molecule has 0 radical (unpaired) electrons. The van der Waals surface area contributed by atoms with Crippen molar-refractivity contribution in [3.05, 3.63) is 83.9 Å². The fourth-order valence-corrected chi connectivity index (χ4v) is 5.90. The van der Waals surface area contributed by atoms with Crippen molar-refractivity contribution in [3.63, 3.8) is 0 Å². The Balaban J connectivity index is 1.87. The fourth-order valence-electron chi connectivity index (χ4n) is 3.31. The minimum absolute atomic E-state index is 0.0523. The minimum atomic E-state index is -4.72. The van der Waals surface area contributed by atoms with Crippen LogP contribution in [0.2, 0.25) is 0 Å². The number of methoxy groups -OCH3 is 1. The molecular formula is C24H24F3NO6S2. The molecule has 0 fully saturated rings. The fraction of sp³-hybridized carbons (Fsp3) is 0.250. The summed E-state index contributed by atoms with van der Waals surface area (Å²) in [6.07, 6.45) is -4.72. The van der Waals surface area contributed by atoms with Gasteiger partial charge in [-0.05, 0) is 74.0 Å². The highest BCUT2D eigenvalue weighted by Gasteiger charge is 2.32. The maximum absolute atomic E-state index is 13.3. The number of alkyl halides is 3. The molecule has 0 atom stereocenters. The van der Waals surface area contributed by atoms with Crippen molar-refractivity contribution in [2.24, 2.45) is 0 Å². The van der Waals surface area contributed by atoms with Gasteiger partial charge in [-0.1, -0.05) is 18.2 Å². The number of benzene rings is 3. The van der Waals surface area contributed by atoms with Crippen LogP contribution < -0.4 is 8.92 Å². The molecule has 0 heterocycles. The van der Waals surface area contributed by atoms with Gasteiger partial charge in [-0.3, -0.25) is 0 Å². The van der Waals surface area contributed by atoms with Crippen molar-refractivity contribution >= 4 is 20.1 Å². The quantitative estimate of drug-likeness (QED) is 0.350. The third-order valence-electron chi connectivity index (χ3n) is 5.13. The second-order valence-corrected chi connectivity index (χ2v) is 11.5. The van der Waals surface area contributed by atoms with Gasteiger partial charge in [0.25, 0.3) is 0 Å². The van der Waals surface area contributed by atoms with Crippen LogP contribution in [0.4, 0.5) is 13.2 Å². The Hall–Kier alpha value is -3.09. The molecular weight excluding hydrogens is 519 g/mol. The maximum atomic E-state index is 13.3. The van der Waals surface area contributed by atoms with Crippen LogP contribution in [0.15, 0.2) is 82.6 Å². The number of halogens is 3. The van der Waals surface area contributed by atoms with Crippen molar-refractivity contribution < 1.29 is 38.9 Å². The summed E-state index contributed by atoms with van der Waals surface area (Å²) < 4.78 is 102. The predicted molar refractivity (Wildman–Crippen MR) is 127 cm³/mol. The summed E-state index contributed by atoms with van der Waals surface area (Å²) in [4.78, 5) is -0.606. The summed E-state index contributed by atoms with van der Waals surface area (Å²) in [5, 5.41) is 0.